The normalized spacial score (nSPS) is 19.9. The molecule has 0 fully saturated rings. The minimum atomic E-state index is 0.261. The van der Waals surface area contributed by atoms with Crippen LogP contribution >= 0.6 is 0 Å². The Balaban J connectivity index is 2.10. The lowest BCUT2D eigenvalue weighted by atomic mass is 10.1. The van der Waals surface area contributed by atoms with Gasteiger partial charge < -0.3 is 15.4 Å². The van der Waals surface area contributed by atoms with Crippen molar-refractivity contribution >= 4 is 5.96 Å². The van der Waals surface area contributed by atoms with Crippen LogP contribution in [0.2, 0.25) is 0 Å². The number of nitrogens with two attached hydrogens (primary N) is 1. The number of methoxy groups -OCH3 is 1. The zero-order valence-electron chi connectivity index (χ0n) is 9.47. The van der Waals surface area contributed by atoms with Crippen molar-refractivity contribution in [1.82, 2.24) is 4.90 Å². The number of hydrogen-bond acceptors (Lipinski definition) is 4. The van der Waals surface area contributed by atoms with Gasteiger partial charge in [-0.25, -0.2) is 0 Å². The van der Waals surface area contributed by atoms with Crippen LogP contribution < -0.4 is 5.73 Å². The molecule has 1 aliphatic heterocycles. The molecule has 0 amide bonds. The predicted octanol–water partition coefficient (Wildman–Crippen LogP) is 1.00. The van der Waals surface area contributed by atoms with Crippen LogP contribution in [0.15, 0.2) is 35.3 Å². The summed E-state index contributed by atoms with van der Waals surface area (Å²) < 4.78 is 5.08. The first kappa shape index (κ1) is 11.0. The molecular weight excluding hydrogens is 202 g/mol. The average molecular weight is 219 g/mol. The summed E-state index contributed by atoms with van der Waals surface area (Å²) in [6, 6.07) is 10.6. The third-order valence-corrected chi connectivity index (χ3v) is 2.82. The van der Waals surface area contributed by atoms with Crippen molar-refractivity contribution in [2.75, 3.05) is 26.8 Å². The quantitative estimate of drug-likeness (QED) is 0.822. The monoisotopic (exact) mass is 219 g/mol. The van der Waals surface area contributed by atoms with Gasteiger partial charge in [-0.05, 0) is 5.56 Å². The molecule has 1 heterocycles. The molecule has 0 bridgehead atoms. The molecule has 0 aromatic heterocycles. The third-order valence-electron chi connectivity index (χ3n) is 2.82. The largest absolute Gasteiger partial charge is 0.383 e. The second kappa shape index (κ2) is 4.99. The fourth-order valence-electron chi connectivity index (χ4n) is 1.95. The van der Waals surface area contributed by atoms with Gasteiger partial charge in [0.2, 0.25) is 0 Å². The highest BCUT2D eigenvalue weighted by atomic mass is 16.5. The van der Waals surface area contributed by atoms with Gasteiger partial charge in [0, 0.05) is 13.7 Å². The molecule has 16 heavy (non-hydrogen) atoms. The van der Waals surface area contributed by atoms with Crippen LogP contribution in [0.4, 0.5) is 0 Å². The van der Waals surface area contributed by atoms with Crippen LogP contribution in [0.1, 0.15) is 11.6 Å². The smallest absolute Gasteiger partial charge is 0.192 e. The highest BCUT2D eigenvalue weighted by Crippen LogP contribution is 2.24. The SMILES string of the molecule is COCCN1C(N)=NCC1c1ccccc1. The number of aliphatic imine (C=N–C) groups is 1. The minimum Gasteiger partial charge on any atom is -0.383 e. The van der Waals surface area contributed by atoms with Gasteiger partial charge in [0.1, 0.15) is 0 Å². The van der Waals surface area contributed by atoms with Crippen molar-refractivity contribution in [3.63, 3.8) is 0 Å². The number of ether oxygens (including phenoxy) is 1. The van der Waals surface area contributed by atoms with Gasteiger partial charge in [0.05, 0.1) is 19.2 Å². The predicted molar refractivity (Wildman–Crippen MR) is 64.3 cm³/mol. The Kier molecular flexibility index (Phi) is 3.41. The van der Waals surface area contributed by atoms with Gasteiger partial charge in [-0.15, -0.1) is 0 Å². The van der Waals surface area contributed by atoms with Gasteiger partial charge in [0.15, 0.2) is 5.96 Å². The molecular formula is C12H17N3O. The number of benzene rings is 1. The number of nitrogens with zero attached hydrogens (tertiary/aromatic N) is 2. The molecule has 1 atom stereocenters. The van der Waals surface area contributed by atoms with E-state index >= 15 is 0 Å². The maximum atomic E-state index is 5.87. The van der Waals surface area contributed by atoms with E-state index in [9.17, 15) is 0 Å². The fraction of sp³-hybridized carbons (Fsp3) is 0.417. The molecule has 4 nitrogen and oxygen atoms in total. The van der Waals surface area contributed by atoms with Crippen molar-refractivity contribution in [1.29, 1.82) is 0 Å². The zero-order valence-corrected chi connectivity index (χ0v) is 9.47. The van der Waals surface area contributed by atoms with Gasteiger partial charge in [-0.1, -0.05) is 30.3 Å². The molecule has 1 aromatic carbocycles. The molecule has 0 aliphatic carbocycles. The van der Waals surface area contributed by atoms with Crippen molar-refractivity contribution in [3.8, 4) is 0 Å². The Morgan fingerprint density at radius 1 is 1.44 bits per heavy atom. The van der Waals surface area contributed by atoms with E-state index in [1.54, 1.807) is 7.11 Å². The van der Waals surface area contributed by atoms with Crippen LogP contribution in [0.25, 0.3) is 0 Å². The highest BCUT2D eigenvalue weighted by Gasteiger charge is 2.26. The standard InChI is InChI=1S/C12H17N3O/c1-16-8-7-15-11(9-14-12(15)13)10-5-3-2-4-6-10/h2-6,11H,7-9H2,1H3,(H2,13,14). The Labute approximate surface area is 95.7 Å². The molecule has 86 valence electrons. The molecule has 1 aliphatic rings. The Bertz CT molecular complexity index is 364. The van der Waals surface area contributed by atoms with Crippen molar-refractivity contribution in [2.45, 2.75) is 6.04 Å². The third kappa shape index (κ3) is 2.17. The lowest BCUT2D eigenvalue weighted by molar-refractivity contribution is 0.166. The summed E-state index contributed by atoms with van der Waals surface area (Å²) in [4.78, 5) is 6.39. The number of hydrogen-bond donors (Lipinski definition) is 1. The van der Waals surface area contributed by atoms with E-state index in [1.165, 1.54) is 5.56 Å². The summed E-state index contributed by atoms with van der Waals surface area (Å²) in [5.41, 5.74) is 7.12. The zero-order chi connectivity index (χ0) is 11.4. The van der Waals surface area contributed by atoms with Crippen LogP contribution in [0.5, 0.6) is 0 Å². The van der Waals surface area contributed by atoms with Gasteiger partial charge in [-0.3, -0.25) is 4.99 Å². The molecule has 2 N–H and O–H groups in total. The van der Waals surface area contributed by atoms with Crippen LogP contribution in [0.3, 0.4) is 0 Å². The molecule has 2 rings (SSSR count). The Morgan fingerprint density at radius 2 is 2.19 bits per heavy atom. The van der Waals surface area contributed by atoms with E-state index < -0.39 is 0 Å². The van der Waals surface area contributed by atoms with Gasteiger partial charge in [-0.2, -0.15) is 0 Å². The van der Waals surface area contributed by atoms with E-state index in [0.717, 1.165) is 13.1 Å². The first-order chi connectivity index (χ1) is 7.83. The van der Waals surface area contributed by atoms with Crippen LogP contribution in [0, 0.1) is 0 Å². The molecule has 4 heteroatoms. The summed E-state index contributed by atoms with van der Waals surface area (Å²) in [6.45, 7) is 2.19. The van der Waals surface area contributed by atoms with E-state index in [0.29, 0.717) is 12.6 Å². The molecule has 0 saturated heterocycles. The minimum absolute atomic E-state index is 0.261. The molecule has 0 spiro atoms. The second-order valence-electron chi connectivity index (χ2n) is 3.81. The van der Waals surface area contributed by atoms with Crippen molar-refractivity contribution in [3.05, 3.63) is 35.9 Å². The lowest BCUT2D eigenvalue weighted by Gasteiger charge is -2.26. The van der Waals surface area contributed by atoms with E-state index in [4.69, 9.17) is 10.5 Å². The van der Waals surface area contributed by atoms with Gasteiger partial charge >= 0.3 is 0 Å². The summed E-state index contributed by atoms with van der Waals surface area (Å²) in [5, 5.41) is 0. The average Bonchev–Trinajstić information content (AvgIpc) is 2.69. The highest BCUT2D eigenvalue weighted by molar-refractivity contribution is 5.80. The van der Waals surface area contributed by atoms with Crippen LogP contribution in [-0.2, 0) is 4.74 Å². The molecule has 0 saturated carbocycles. The van der Waals surface area contributed by atoms with E-state index in [2.05, 4.69) is 22.0 Å². The first-order valence-electron chi connectivity index (χ1n) is 5.43. The molecule has 0 radical (unpaired) electrons. The number of guanidine groups is 1. The Hall–Kier alpha value is -1.55. The molecule has 1 unspecified atom stereocenters. The molecule has 1 aromatic rings. The lowest BCUT2D eigenvalue weighted by Crippen LogP contribution is -2.38. The van der Waals surface area contributed by atoms with E-state index in [1.807, 2.05) is 18.2 Å². The van der Waals surface area contributed by atoms with Crippen LogP contribution in [-0.4, -0.2) is 37.7 Å². The fourth-order valence-corrected chi connectivity index (χ4v) is 1.95. The van der Waals surface area contributed by atoms with Crippen molar-refractivity contribution in [2.24, 2.45) is 10.7 Å². The van der Waals surface area contributed by atoms with Crippen molar-refractivity contribution < 1.29 is 4.74 Å². The maximum absolute atomic E-state index is 5.87. The Morgan fingerprint density at radius 3 is 2.88 bits per heavy atom. The number of rotatable bonds is 4. The van der Waals surface area contributed by atoms with Gasteiger partial charge in [0.25, 0.3) is 0 Å². The maximum Gasteiger partial charge on any atom is 0.192 e. The first-order valence-corrected chi connectivity index (χ1v) is 5.43. The summed E-state index contributed by atoms with van der Waals surface area (Å²) in [6.07, 6.45) is 0. The summed E-state index contributed by atoms with van der Waals surface area (Å²) >= 11 is 0. The second-order valence-corrected chi connectivity index (χ2v) is 3.81. The summed E-state index contributed by atoms with van der Waals surface area (Å²) in [5.74, 6) is 0.617. The van der Waals surface area contributed by atoms with E-state index in [-0.39, 0.29) is 6.04 Å². The topological polar surface area (TPSA) is 50.9 Å². The summed E-state index contributed by atoms with van der Waals surface area (Å²) in [7, 11) is 1.70.